The number of hydrogen-bond donors (Lipinski definition) is 0. The van der Waals surface area contributed by atoms with Crippen LogP contribution in [0.2, 0.25) is 0 Å². The minimum atomic E-state index is -0.321. The van der Waals surface area contributed by atoms with Gasteiger partial charge in [0.1, 0.15) is 6.10 Å². The first kappa shape index (κ1) is 12.2. The van der Waals surface area contributed by atoms with Crippen LogP contribution in [-0.2, 0) is 16.0 Å². The molecule has 17 heavy (non-hydrogen) atoms. The zero-order valence-electron chi connectivity index (χ0n) is 10.5. The summed E-state index contributed by atoms with van der Waals surface area (Å²) in [5.41, 5.74) is 2.19. The summed E-state index contributed by atoms with van der Waals surface area (Å²) in [6.07, 6.45) is 4.46. The first-order valence-electron chi connectivity index (χ1n) is 6.33. The van der Waals surface area contributed by atoms with Crippen molar-refractivity contribution in [3.8, 4) is 0 Å². The molecule has 2 rings (SSSR count). The van der Waals surface area contributed by atoms with Crippen LogP contribution in [0.5, 0.6) is 0 Å². The number of fused-ring (bicyclic) bond motifs is 1. The average molecular weight is 233 g/mol. The highest BCUT2D eigenvalue weighted by Gasteiger charge is 2.30. The largest absolute Gasteiger partial charge is 0.371 e. The van der Waals surface area contributed by atoms with Crippen LogP contribution in [0.25, 0.3) is 0 Å². The third kappa shape index (κ3) is 2.55. The van der Waals surface area contributed by atoms with E-state index in [1.165, 1.54) is 5.56 Å². The molecule has 0 saturated heterocycles. The van der Waals surface area contributed by atoms with E-state index in [1.54, 1.807) is 6.20 Å². The fourth-order valence-electron chi connectivity index (χ4n) is 2.50. The SMILES string of the molecule is CCOC(C)C(=O)C1CCCc2cccnc21. The smallest absolute Gasteiger partial charge is 0.170 e. The number of ether oxygens (including phenoxy) is 1. The minimum absolute atomic E-state index is 0.0681. The number of hydrogen-bond acceptors (Lipinski definition) is 3. The van der Waals surface area contributed by atoms with E-state index in [0.29, 0.717) is 6.61 Å². The quantitative estimate of drug-likeness (QED) is 0.802. The maximum atomic E-state index is 12.3. The molecule has 92 valence electrons. The van der Waals surface area contributed by atoms with Crippen molar-refractivity contribution in [3.63, 3.8) is 0 Å². The third-order valence-corrected chi connectivity index (χ3v) is 3.36. The van der Waals surface area contributed by atoms with Crippen LogP contribution in [0.4, 0.5) is 0 Å². The van der Waals surface area contributed by atoms with Gasteiger partial charge in [0.15, 0.2) is 5.78 Å². The predicted octanol–water partition coefficient (Wildman–Crippen LogP) is 2.50. The molecule has 0 fully saturated rings. The molecule has 1 aromatic heterocycles. The number of carbonyl (C=O) groups is 1. The fourth-order valence-corrected chi connectivity index (χ4v) is 2.50. The zero-order valence-corrected chi connectivity index (χ0v) is 10.5. The van der Waals surface area contributed by atoms with E-state index < -0.39 is 0 Å². The lowest BCUT2D eigenvalue weighted by atomic mass is 9.82. The Kier molecular flexibility index (Phi) is 3.89. The molecule has 0 bridgehead atoms. The van der Waals surface area contributed by atoms with Gasteiger partial charge < -0.3 is 4.74 Å². The second-order valence-electron chi connectivity index (χ2n) is 4.49. The average Bonchev–Trinajstić information content (AvgIpc) is 2.37. The molecule has 1 aliphatic rings. The van der Waals surface area contributed by atoms with Crippen LogP contribution in [-0.4, -0.2) is 23.5 Å². The van der Waals surface area contributed by atoms with Crippen molar-refractivity contribution < 1.29 is 9.53 Å². The predicted molar refractivity (Wildman–Crippen MR) is 66.0 cm³/mol. The van der Waals surface area contributed by atoms with Crippen LogP contribution >= 0.6 is 0 Å². The standard InChI is InChI=1S/C14H19NO2/c1-3-17-10(2)14(16)12-8-4-6-11-7-5-9-15-13(11)12/h5,7,9-10,12H,3-4,6,8H2,1-2H3. The summed E-state index contributed by atoms with van der Waals surface area (Å²) in [7, 11) is 0. The summed E-state index contributed by atoms with van der Waals surface area (Å²) in [6, 6.07) is 4.02. The number of carbonyl (C=O) groups excluding carboxylic acids is 1. The van der Waals surface area contributed by atoms with Gasteiger partial charge in [0.25, 0.3) is 0 Å². The van der Waals surface area contributed by atoms with Crippen LogP contribution in [0.1, 0.15) is 43.9 Å². The molecule has 0 aliphatic heterocycles. The summed E-state index contributed by atoms with van der Waals surface area (Å²) in [6.45, 7) is 4.33. The number of pyridine rings is 1. The highest BCUT2D eigenvalue weighted by Crippen LogP contribution is 2.31. The number of rotatable bonds is 4. The van der Waals surface area contributed by atoms with E-state index in [0.717, 1.165) is 25.0 Å². The van der Waals surface area contributed by atoms with Crippen molar-refractivity contribution in [1.82, 2.24) is 4.98 Å². The Morgan fingerprint density at radius 2 is 2.47 bits per heavy atom. The van der Waals surface area contributed by atoms with Gasteiger partial charge in [0, 0.05) is 12.8 Å². The molecule has 2 atom stereocenters. The molecule has 0 radical (unpaired) electrons. The van der Waals surface area contributed by atoms with Crippen molar-refractivity contribution in [3.05, 3.63) is 29.6 Å². The van der Waals surface area contributed by atoms with Gasteiger partial charge in [-0.15, -0.1) is 0 Å². The summed E-state index contributed by atoms with van der Waals surface area (Å²) in [4.78, 5) is 16.7. The van der Waals surface area contributed by atoms with Crippen molar-refractivity contribution in [2.45, 2.75) is 45.1 Å². The normalized spacial score (nSPS) is 20.7. The lowest BCUT2D eigenvalue weighted by molar-refractivity contribution is -0.131. The summed E-state index contributed by atoms with van der Waals surface area (Å²) < 4.78 is 5.39. The second kappa shape index (κ2) is 5.41. The van der Waals surface area contributed by atoms with Crippen LogP contribution in [0.15, 0.2) is 18.3 Å². The number of Topliss-reactive ketones (excluding diaryl/α,β-unsaturated/α-hetero) is 1. The lowest BCUT2D eigenvalue weighted by Gasteiger charge is -2.25. The fraction of sp³-hybridized carbons (Fsp3) is 0.571. The second-order valence-corrected chi connectivity index (χ2v) is 4.49. The summed E-state index contributed by atoms with van der Waals surface area (Å²) >= 11 is 0. The molecule has 1 aromatic rings. The molecule has 0 aromatic carbocycles. The molecular weight excluding hydrogens is 214 g/mol. The Bertz CT molecular complexity index is 403. The van der Waals surface area contributed by atoms with E-state index in [9.17, 15) is 4.79 Å². The van der Waals surface area contributed by atoms with Gasteiger partial charge in [-0.1, -0.05) is 6.07 Å². The highest BCUT2D eigenvalue weighted by atomic mass is 16.5. The highest BCUT2D eigenvalue weighted by molar-refractivity contribution is 5.89. The minimum Gasteiger partial charge on any atom is -0.371 e. The zero-order chi connectivity index (χ0) is 12.3. The first-order chi connectivity index (χ1) is 8.24. The molecule has 0 saturated carbocycles. The van der Waals surface area contributed by atoms with Crippen molar-refractivity contribution >= 4 is 5.78 Å². The third-order valence-electron chi connectivity index (χ3n) is 3.36. The number of nitrogens with zero attached hydrogens (tertiary/aromatic N) is 1. The first-order valence-corrected chi connectivity index (χ1v) is 6.33. The monoisotopic (exact) mass is 233 g/mol. The van der Waals surface area contributed by atoms with Gasteiger partial charge in [-0.3, -0.25) is 9.78 Å². The number of aryl methyl sites for hydroxylation is 1. The van der Waals surface area contributed by atoms with Crippen LogP contribution < -0.4 is 0 Å². The van der Waals surface area contributed by atoms with Crippen LogP contribution in [0, 0.1) is 0 Å². The molecule has 0 spiro atoms. The molecule has 1 heterocycles. The van der Waals surface area contributed by atoms with E-state index >= 15 is 0 Å². The maximum Gasteiger partial charge on any atom is 0.170 e. The number of aromatic nitrogens is 1. The lowest BCUT2D eigenvalue weighted by Crippen LogP contribution is -2.29. The van der Waals surface area contributed by atoms with Gasteiger partial charge in [-0.2, -0.15) is 0 Å². The molecule has 3 heteroatoms. The number of ketones is 1. The van der Waals surface area contributed by atoms with Crippen molar-refractivity contribution in [2.75, 3.05) is 6.61 Å². The van der Waals surface area contributed by atoms with E-state index in [-0.39, 0.29) is 17.8 Å². The molecule has 0 N–H and O–H groups in total. The van der Waals surface area contributed by atoms with E-state index in [1.807, 2.05) is 19.9 Å². The topological polar surface area (TPSA) is 39.2 Å². The summed E-state index contributed by atoms with van der Waals surface area (Å²) in [5, 5.41) is 0. The molecule has 3 nitrogen and oxygen atoms in total. The molecule has 2 unspecified atom stereocenters. The molecule has 0 amide bonds. The Labute approximate surface area is 102 Å². The maximum absolute atomic E-state index is 12.3. The van der Waals surface area contributed by atoms with Gasteiger partial charge in [0.05, 0.1) is 11.6 Å². The van der Waals surface area contributed by atoms with Gasteiger partial charge in [-0.25, -0.2) is 0 Å². The summed E-state index contributed by atoms with van der Waals surface area (Å²) in [5.74, 6) is 0.105. The molecular formula is C14H19NO2. The Hall–Kier alpha value is -1.22. The Morgan fingerprint density at radius 1 is 1.65 bits per heavy atom. The van der Waals surface area contributed by atoms with Gasteiger partial charge >= 0.3 is 0 Å². The Balaban J connectivity index is 2.20. The van der Waals surface area contributed by atoms with Gasteiger partial charge in [0.2, 0.25) is 0 Å². The van der Waals surface area contributed by atoms with Crippen molar-refractivity contribution in [1.29, 1.82) is 0 Å². The Morgan fingerprint density at radius 3 is 3.24 bits per heavy atom. The van der Waals surface area contributed by atoms with E-state index in [4.69, 9.17) is 4.74 Å². The van der Waals surface area contributed by atoms with Crippen molar-refractivity contribution in [2.24, 2.45) is 0 Å². The van der Waals surface area contributed by atoms with Crippen LogP contribution in [0.3, 0.4) is 0 Å². The van der Waals surface area contributed by atoms with E-state index in [2.05, 4.69) is 11.1 Å². The molecule has 1 aliphatic carbocycles. The van der Waals surface area contributed by atoms with Gasteiger partial charge in [-0.05, 0) is 44.7 Å².